The maximum atomic E-state index is 12.2. The molecule has 0 spiro atoms. The Hall–Kier alpha value is -2.18. The first kappa shape index (κ1) is 15.4. The number of nitrogens with one attached hydrogen (secondary N) is 2. The van der Waals surface area contributed by atoms with Gasteiger partial charge in [0.05, 0.1) is 10.2 Å². The van der Waals surface area contributed by atoms with E-state index in [-0.39, 0.29) is 5.91 Å². The maximum Gasteiger partial charge on any atom is 0.287 e. The van der Waals surface area contributed by atoms with Gasteiger partial charge in [0, 0.05) is 6.54 Å². The summed E-state index contributed by atoms with van der Waals surface area (Å²) in [6.07, 6.45) is 2.20. The van der Waals surface area contributed by atoms with Gasteiger partial charge < -0.3 is 15.1 Å². The summed E-state index contributed by atoms with van der Waals surface area (Å²) in [6, 6.07) is 11.5. The van der Waals surface area contributed by atoms with Crippen molar-refractivity contribution in [3.05, 3.63) is 42.2 Å². The van der Waals surface area contributed by atoms with E-state index >= 15 is 0 Å². The number of carbonyl (C=O) groups is 1. The van der Waals surface area contributed by atoms with Gasteiger partial charge in [-0.1, -0.05) is 12.1 Å². The van der Waals surface area contributed by atoms with Crippen molar-refractivity contribution in [2.24, 2.45) is 5.92 Å². The molecule has 2 aromatic heterocycles. The molecule has 3 aromatic rings. The van der Waals surface area contributed by atoms with Crippen LogP contribution in [0.2, 0.25) is 0 Å². The van der Waals surface area contributed by atoms with E-state index in [1.165, 1.54) is 6.42 Å². The predicted octanol–water partition coefficient (Wildman–Crippen LogP) is 3.29. The zero-order valence-corrected chi connectivity index (χ0v) is 14.1. The molecule has 0 bridgehead atoms. The van der Waals surface area contributed by atoms with E-state index in [0.29, 0.717) is 24.0 Å². The topological polar surface area (TPSA) is 67.2 Å². The van der Waals surface area contributed by atoms with E-state index in [1.54, 1.807) is 17.4 Å². The van der Waals surface area contributed by atoms with E-state index < -0.39 is 0 Å². The van der Waals surface area contributed by atoms with Crippen LogP contribution in [0.5, 0.6) is 0 Å². The molecule has 124 valence electrons. The van der Waals surface area contributed by atoms with Crippen LogP contribution in [0, 0.1) is 5.92 Å². The third-order valence-corrected chi connectivity index (χ3v) is 5.39. The number of hydrogen-bond donors (Lipinski definition) is 2. The first-order chi connectivity index (χ1) is 11.8. The minimum absolute atomic E-state index is 0.159. The van der Waals surface area contributed by atoms with Gasteiger partial charge in [0.25, 0.3) is 5.91 Å². The Morgan fingerprint density at radius 3 is 3.08 bits per heavy atom. The van der Waals surface area contributed by atoms with Gasteiger partial charge >= 0.3 is 0 Å². The number of para-hydroxylation sites is 1. The number of benzene rings is 1. The summed E-state index contributed by atoms with van der Waals surface area (Å²) in [4.78, 5) is 16.8. The molecule has 1 aromatic carbocycles. The summed E-state index contributed by atoms with van der Waals surface area (Å²) in [6.45, 7) is 2.82. The van der Waals surface area contributed by atoms with Crippen LogP contribution in [0.3, 0.4) is 0 Å². The van der Waals surface area contributed by atoms with E-state index in [1.807, 2.05) is 30.3 Å². The molecule has 0 saturated carbocycles. The van der Waals surface area contributed by atoms with Crippen molar-refractivity contribution in [3.8, 4) is 10.8 Å². The fourth-order valence-corrected chi connectivity index (χ4v) is 3.92. The highest BCUT2D eigenvalue weighted by atomic mass is 32.1. The Balaban J connectivity index is 1.40. The monoisotopic (exact) mass is 341 g/mol. The molecule has 6 heteroatoms. The van der Waals surface area contributed by atoms with Crippen LogP contribution in [-0.2, 0) is 0 Å². The van der Waals surface area contributed by atoms with E-state index in [9.17, 15) is 4.79 Å². The molecule has 3 heterocycles. The summed E-state index contributed by atoms with van der Waals surface area (Å²) < 4.78 is 6.82. The Morgan fingerprint density at radius 1 is 1.33 bits per heavy atom. The van der Waals surface area contributed by atoms with Gasteiger partial charge in [-0.3, -0.25) is 4.79 Å². The van der Waals surface area contributed by atoms with Crippen LogP contribution in [0.1, 0.15) is 23.4 Å². The predicted molar refractivity (Wildman–Crippen MR) is 95.2 cm³/mol. The lowest BCUT2D eigenvalue weighted by atomic mass is 10.1. The molecule has 0 radical (unpaired) electrons. The molecule has 24 heavy (non-hydrogen) atoms. The number of amides is 1. The molecule has 0 aliphatic carbocycles. The van der Waals surface area contributed by atoms with Crippen LogP contribution in [0.4, 0.5) is 0 Å². The third-order valence-electron chi connectivity index (χ3n) is 4.33. The van der Waals surface area contributed by atoms with Crippen molar-refractivity contribution in [1.29, 1.82) is 0 Å². The summed E-state index contributed by atoms with van der Waals surface area (Å²) >= 11 is 1.57. The number of fused-ring (bicyclic) bond motifs is 1. The molecule has 1 amide bonds. The second kappa shape index (κ2) is 6.75. The smallest absolute Gasteiger partial charge is 0.287 e. The highest BCUT2D eigenvalue weighted by Gasteiger charge is 2.17. The molecule has 1 saturated heterocycles. The Morgan fingerprint density at radius 2 is 2.25 bits per heavy atom. The van der Waals surface area contributed by atoms with Crippen LogP contribution in [0.25, 0.3) is 21.0 Å². The molecular weight excluding hydrogens is 322 g/mol. The Kier molecular flexibility index (Phi) is 4.32. The van der Waals surface area contributed by atoms with Crippen molar-refractivity contribution in [1.82, 2.24) is 15.6 Å². The summed E-state index contributed by atoms with van der Waals surface area (Å²) in [5.74, 6) is 1.49. The highest BCUT2D eigenvalue weighted by Crippen LogP contribution is 2.31. The Bertz CT molecular complexity index is 816. The molecular formula is C18H19N3O2S. The fourth-order valence-electron chi connectivity index (χ4n) is 2.99. The zero-order valence-electron chi connectivity index (χ0n) is 13.2. The van der Waals surface area contributed by atoms with E-state index in [0.717, 1.165) is 34.7 Å². The normalized spacial score (nSPS) is 17.4. The fraction of sp³-hybridized carbons (Fsp3) is 0.333. The van der Waals surface area contributed by atoms with Crippen molar-refractivity contribution >= 4 is 27.5 Å². The van der Waals surface area contributed by atoms with Crippen molar-refractivity contribution < 1.29 is 9.21 Å². The first-order valence-electron chi connectivity index (χ1n) is 8.24. The number of carbonyl (C=O) groups excluding carboxylic acids is 1. The lowest BCUT2D eigenvalue weighted by molar-refractivity contribution is 0.0925. The largest absolute Gasteiger partial charge is 0.448 e. The van der Waals surface area contributed by atoms with Gasteiger partial charge in [-0.15, -0.1) is 11.3 Å². The van der Waals surface area contributed by atoms with E-state index in [2.05, 4.69) is 15.6 Å². The quantitative estimate of drug-likeness (QED) is 0.747. The van der Waals surface area contributed by atoms with E-state index in [4.69, 9.17) is 4.42 Å². The molecule has 2 N–H and O–H groups in total. The third kappa shape index (κ3) is 3.20. The number of nitrogens with zero attached hydrogens (tertiary/aromatic N) is 1. The average Bonchev–Trinajstić information content (AvgIpc) is 3.33. The standard InChI is InChI=1S/C18H19N3O2S/c22-17(20-10-8-12-7-9-19-11-12)14-5-6-15(23-14)18-21-13-3-1-2-4-16(13)24-18/h1-6,12,19H,7-11H2,(H,20,22). The van der Waals surface area contributed by atoms with Crippen molar-refractivity contribution in [2.45, 2.75) is 12.8 Å². The summed E-state index contributed by atoms with van der Waals surface area (Å²) in [5, 5.41) is 7.08. The SMILES string of the molecule is O=C(NCCC1CCNC1)c1ccc(-c2nc3ccccc3s2)o1. The maximum absolute atomic E-state index is 12.2. The molecule has 4 rings (SSSR count). The average molecular weight is 341 g/mol. The van der Waals surface area contributed by atoms with Gasteiger partial charge in [0.2, 0.25) is 0 Å². The molecule has 1 aliphatic rings. The molecule has 1 fully saturated rings. The lowest BCUT2D eigenvalue weighted by Gasteiger charge is -2.08. The second-order valence-corrected chi connectivity index (χ2v) is 7.08. The van der Waals surface area contributed by atoms with Gasteiger partial charge in [-0.2, -0.15) is 0 Å². The molecule has 5 nitrogen and oxygen atoms in total. The highest BCUT2D eigenvalue weighted by molar-refractivity contribution is 7.21. The van der Waals surface area contributed by atoms with Gasteiger partial charge in [0.1, 0.15) is 0 Å². The van der Waals surface area contributed by atoms with Gasteiger partial charge in [0.15, 0.2) is 16.5 Å². The number of rotatable bonds is 5. The van der Waals surface area contributed by atoms with Gasteiger partial charge in [-0.25, -0.2) is 4.98 Å². The van der Waals surface area contributed by atoms with Crippen molar-refractivity contribution in [3.63, 3.8) is 0 Å². The second-order valence-electron chi connectivity index (χ2n) is 6.05. The Labute approximate surface area is 144 Å². The number of thiazole rings is 1. The minimum atomic E-state index is -0.159. The zero-order chi connectivity index (χ0) is 16.4. The number of aromatic nitrogens is 1. The molecule has 1 aliphatic heterocycles. The summed E-state index contributed by atoms with van der Waals surface area (Å²) in [7, 11) is 0. The number of furan rings is 1. The van der Waals surface area contributed by atoms with Gasteiger partial charge in [-0.05, 0) is 56.1 Å². The van der Waals surface area contributed by atoms with Crippen LogP contribution in [0.15, 0.2) is 40.8 Å². The first-order valence-corrected chi connectivity index (χ1v) is 9.06. The minimum Gasteiger partial charge on any atom is -0.448 e. The van der Waals surface area contributed by atoms with Crippen LogP contribution in [-0.4, -0.2) is 30.5 Å². The lowest BCUT2D eigenvalue weighted by Crippen LogP contribution is -2.26. The molecule has 1 unspecified atom stereocenters. The van der Waals surface area contributed by atoms with Crippen LogP contribution >= 0.6 is 11.3 Å². The van der Waals surface area contributed by atoms with Crippen molar-refractivity contribution in [2.75, 3.05) is 19.6 Å². The molecule has 1 atom stereocenters. The number of hydrogen-bond acceptors (Lipinski definition) is 5. The summed E-state index contributed by atoms with van der Waals surface area (Å²) in [5.41, 5.74) is 0.949. The van der Waals surface area contributed by atoms with Crippen LogP contribution < -0.4 is 10.6 Å².